The number of hydrogen-bond acceptors (Lipinski definition) is 2. The summed E-state index contributed by atoms with van der Waals surface area (Å²) in [6.45, 7) is -0.122. The minimum Gasteiger partial charge on any atom is -0.435 e. The number of alkyl halides is 3. The molecule has 1 aromatic carbocycles. The lowest BCUT2D eigenvalue weighted by atomic mass is 10.0. The second-order valence-corrected chi connectivity index (χ2v) is 5.20. The van der Waals surface area contributed by atoms with Gasteiger partial charge in [0.05, 0.1) is 0 Å². The van der Waals surface area contributed by atoms with Crippen LogP contribution in [-0.2, 0) is 0 Å². The zero-order valence-electron chi connectivity index (χ0n) is 11.1. The summed E-state index contributed by atoms with van der Waals surface area (Å²) in [7, 11) is 0. The van der Waals surface area contributed by atoms with Crippen LogP contribution >= 0.6 is 11.6 Å². The number of carbonyl (C=O) groups is 1. The molecule has 1 heterocycles. The van der Waals surface area contributed by atoms with Crippen LogP contribution in [0.2, 0.25) is 0 Å². The summed E-state index contributed by atoms with van der Waals surface area (Å²) >= 11 is 5.91. The largest absolute Gasteiger partial charge is 0.435 e. The van der Waals surface area contributed by atoms with E-state index in [-0.39, 0.29) is 17.7 Å². The molecule has 20 heavy (non-hydrogen) atoms. The van der Waals surface area contributed by atoms with Crippen molar-refractivity contribution in [1.82, 2.24) is 4.90 Å². The lowest BCUT2D eigenvalue weighted by Crippen LogP contribution is -2.38. The number of rotatable bonds is 4. The lowest BCUT2D eigenvalue weighted by Gasteiger charge is -2.25. The first-order valence-corrected chi connectivity index (χ1v) is 6.98. The van der Waals surface area contributed by atoms with Gasteiger partial charge in [0, 0.05) is 24.0 Å². The van der Waals surface area contributed by atoms with E-state index in [4.69, 9.17) is 11.6 Å². The number of nitrogens with zero attached hydrogens (tertiary/aromatic N) is 1. The number of ether oxygens (including phenoxy) is 1. The van der Waals surface area contributed by atoms with Crippen molar-refractivity contribution in [2.24, 2.45) is 5.92 Å². The van der Waals surface area contributed by atoms with E-state index in [1.807, 2.05) is 0 Å². The predicted octanol–water partition coefficient (Wildman–Crippen LogP) is 3.38. The molecule has 0 spiro atoms. The van der Waals surface area contributed by atoms with Gasteiger partial charge >= 0.3 is 6.61 Å². The van der Waals surface area contributed by atoms with E-state index in [2.05, 4.69) is 11.7 Å². The average molecular weight is 304 g/mol. The van der Waals surface area contributed by atoms with E-state index in [9.17, 15) is 13.6 Å². The second-order valence-electron chi connectivity index (χ2n) is 4.89. The Balaban J connectivity index is 2.09. The highest BCUT2D eigenvalue weighted by molar-refractivity contribution is 6.18. The van der Waals surface area contributed by atoms with Gasteiger partial charge < -0.3 is 9.64 Å². The van der Waals surface area contributed by atoms with Crippen molar-refractivity contribution in [3.05, 3.63) is 29.8 Å². The molecule has 2 rings (SSSR count). The van der Waals surface area contributed by atoms with Crippen molar-refractivity contribution in [2.75, 3.05) is 12.4 Å². The molecule has 1 fully saturated rings. The van der Waals surface area contributed by atoms with Crippen LogP contribution in [0.25, 0.3) is 0 Å². The number of likely N-dealkylation sites (tertiary alicyclic amines) is 1. The van der Waals surface area contributed by atoms with Gasteiger partial charge in [0.25, 0.3) is 5.91 Å². The van der Waals surface area contributed by atoms with Crippen molar-refractivity contribution in [1.29, 1.82) is 0 Å². The summed E-state index contributed by atoms with van der Waals surface area (Å²) in [6.07, 6.45) is 0.926. The highest BCUT2D eigenvalue weighted by Crippen LogP contribution is 2.27. The molecule has 6 heteroatoms. The van der Waals surface area contributed by atoms with Crippen molar-refractivity contribution in [3.63, 3.8) is 0 Å². The van der Waals surface area contributed by atoms with Crippen molar-refractivity contribution in [2.45, 2.75) is 26.0 Å². The van der Waals surface area contributed by atoms with E-state index in [0.717, 1.165) is 6.42 Å². The molecular formula is C14H16ClF2NO2. The molecule has 0 bridgehead atoms. The molecule has 0 saturated carbocycles. The fraction of sp³-hybridized carbons (Fsp3) is 0.500. The highest BCUT2D eigenvalue weighted by Gasteiger charge is 2.34. The molecule has 1 aliphatic rings. The van der Waals surface area contributed by atoms with Gasteiger partial charge in [0.15, 0.2) is 0 Å². The minimum absolute atomic E-state index is 0.0288. The number of hydrogen-bond donors (Lipinski definition) is 0. The number of halogens is 3. The Morgan fingerprint density at radius 1 is 1.45 bits per heavy atom. The molecule has 1 aromatic rings. The van der Waals surface area contributed by atoms with Crippen molar-refractivity contribution in [3.8, 4) is 5.75 Å². The maximum atomic E-state index is 12.4. The van der Waals surface area contributed by atoms with Crippen molar-refractivity contribution < 1.29 is 18.3 Å². The third kappa shape index (κ3) is 3.20. The van der Waals surface area contributed by atoms with E-state index >= 15 is 0 Å². The normalized spacial score (nSPS) is 22.4. The summed E-state index contributed by atoms with van der Waals surface area (Å²) in [5.41, 5.74) is 0.454. The zero-order valence-corrected chi connectivity index (χ0v) is 11.8. The second kappa shape index (κ2) is 6.39. The smallest absolute Gasteiger partial charge is 0.387 e. The molecule has 0 radical (unpaired) electrons. The number of carbonyl (C=O) groups excluding carboxylic acids is 1. The van der Waals surface area contributed by atoms with Gasteiger partial charge in [-0.2, -0.15) is 8.78 Å². The van der Waals surface area contributed by atoms with E-state index in [1.54, 1.807) is 4.90 Å². The Morgan fingerprint density at radius 3 is 2.65 bits per heavy atom. The SMILES string of the molecule is CC1CCN(C(=O)c2ccc(OC(F)F)cc2)C1CCl. The van der Waals surface area contributed by atoms with E-state index in [0.29, 0.717) is 23.9 Å². The van der Waals surface area contributed by atoms with Crippen LogP contribution in [0, 0.1) is 5.92 Å². The Kier molecular flexibility index (Phi) is 4.81. The van der Waals surface area contributed by atoms with Gasteiger partial charge in [0.1, 0.15) is 5.75 Å². The minimum atomic E-state index is -2.86. The van der Waals surface area contributed by atoms with Gasteiger partial charge in [0.2, 0.25) is 0 Å². The topological polar surface area (TPSA) is 29.5 Å². The standard InChI is InChI=1S/C14H16ClF2NO2/c1-9-6-7-18(12(9)8-15)13(19)10-2-4-11(5-3-10)20-14(16)17/h2-5,9,12,14H,6-8H2,1H3. The van der Waals surface area contributed by atoms with Crippen LogP contribution in [0.1, 0.15) is 23.7 Å². The van der Waals surface area contributed by atoms with E-state index < -0.39 is 6.61 Å². The van der Waals surface area contributed by atoms with Crippen LogP contribution in [0.5, 0.6) is 5.75 Å². The summed E-state index contributed by atoms with van der Waals surface area (Å²) in [6, 6.07) is 5.76. The van der Waals surface area contributed by atoms with Gasteiger partial charge in [-0.3, -0.25) is 4.79 Å². The van der Waals surface area contributed by atoms with Gasteiger partial charge in [-0.05, 0) is 36.6 Å². The molecule has 2 atom stereocenters. The zero-order chi connectivity index (χ0) is 14.7. The fourth-order valence-electron chi connectivity index (χ4n) is 2.44. The predicted molar refractivity (Wildman–Crippen MR) is 72.4 cm³/mol. The molecule has 0 N–H and O–H groups in total. The molecule has 2 unspecified atom stereocenters. The number of benzene rings is 1. The van der Waals surface area contributed by atoms with Crippen LogP contribution in [0.3, 0.4) is 0 Å². The molecule has 0 aromatic heterocycles. The monoisotopic (exact) mass is 303 g/mol. The Morgan fingerprint density at radius 2 is 2.10 bits per heavy atom. The summed E-state index contributed by atoms with van der Waals surface area (Å²) in [5.74, 6) is 0.696. The summed E-state index contributed by atoms with van der Waals surface area (Å²) in [4.78, 5) is 14.1. The Labute approximate surface area is 121 Å². The van der Waals surface area contributed by atoms with Crippen molar-refractivity contribution >= 4 is 17.5 Å². The first kappa shape index (κ1) is 15.0. The van der Waals surface area contributed by atoms with Gasteiger partial charge in [-0.15, -0.1) is 11.6 Å². The molecule has 3 nitrogen and oxygen atoms in total. The summed E-state index contributed by atoms with van der Waals surface area (Å²) < 4.78 is 28.4. The first-order chi connectivity index (χ1) is 9.52. The number of amides is 1. The molecule has 0 aliphatic carbocycles. The molecule has 1 amide bonds. The maximum absolute atomic E-state index is 12.4. The Bertz CT molecular complexity index is 467. The maximum Gasteiger partial charge on any atom is 0.387 e. The van der Waals surface area contributed by atoms with Gasteiger partial charge in [-0.25, -0.2) is 0 Å². The average Bonchev–Trinajstić information content (AvgIpc) is 2.79. The third-order valence-electron chi connectivity index (χ3n) is 3.63. The van der Waals surface area contributed by atoms with Crippen LogP contribution < -0.4 is 4.74 Å². The lowest BCUT2D eigenvalue weighted by molar-refractivity contribution is -0.0498. The molecule has 1 saturated heterocycles. The fourth-order valence-corrected chi connectivity index (χ4v) is 2.91. The van der Waals surface area contributed by atoms with Gasteiger partial charge in [-0.1, -0.05) is 6.92 Å². The molecular weight excluding hydrogens is 288 g/mol. The van der Waals surface area contributed by atoms with E-state index in [1.165, 1.54) is 24.3 Å². The first-order valence-electron chi connectivity index (χ1n) is 6.44. The molecule has 110 valence electrons. The Hall–Kier alpha value is -1.36. The molecule has 1 aliphatic heterocycles. The highest BCUT2D eigenvalue weighted by atomic mass is 35.5. The summed E-state index contributed by atoms with van der Waals surface area (Å²) in [5, 5.41) is 0. The van der Waals surface area contributed by atoms with Crippen LogP contribution in [0.4, 0.5) is 8.78 Å². The van der Waals surface area contributed by atoms with Crippen LogP contribution in [0.15, 0.2) is 24.3 Å². The quantitative estimate of drug-likeness (QED) is 0.798. The third-order valence-corrected chi connectivity index (χ3v) is 3.94. The van der Waals surface area contributed by atoms with Crippen LogP contribution in [-0.4, -0.2) is 35.9 Å².